The summed E-state index contributed by atoms with van der Waals surface area (Å²) in [5, 5.41) is 19.3. The molecule has 0 atom stereocenters. The third-order valence-electron chi connectivity index (χ3n) is 4.32. The van der Waals surface area contributed by atoms with Crippen LogP contribution in [0.1, 0.15) is 24.6 Å². The average Bonchev–Trinajstić information content (AvgIpc) is 3.37. The van der Waals surface area contributed by atoms with Crippen LogP contribution in [0.2, 0.25) is 0 Å². The van der Waals surface area contributed by atoms with E-state index in [2.05, 4.69) is 35.6 Å². The molecule has 10 heteroatoms. The fraction of sp³-hybridized carbons (Fsp3) is 0.533. The Morgan fingerprint density at radius 1 is 1.32 bits per heavy atom. The first-order valence-electron chi connectivity index (χ1n) is 8.37. The Bertz CT molecular complexity index is 817. The van der Waals surface area contributed by atoms with Gasteiger partial charge < -0.3 is 14.6 Å². The topological polar surface area (TPSA) is 109 Å². The summed E-state index contributed by atoms with van der Waals surface area (Å²) in [5.74, 6) is 1.19. The van der Waals surface area contributed by atoms with Gasteiger partial charge in [0.05, 0.1) is 18.8 Å². The Balaban J connectivity index is 1.42. The lowest BCUT2D eigenvalue weighted by atomic mass is 10.1. The quantitative estimate of drug-likeness (QED) is 0.700. The zero-order valence-corrected chi connectivity index (χ0v) is 14.0. The predicted molar refractivity (Wildman–Crippen MR) is 86.9 cm³/mol. The van der Waals surface area contributed by atoms with Gasteiger partial charge in [-0.1, -0.05) is 10.4 Å². The van der Waals surface area contributed by atoms with Crippen molar-refractivity contribution < 1.29 is 9.37 Å². The predicted octanol–water partition coefficient (Wildman–Crippen LogP) is 0.837. The smallest absolute Gasteiger partial charge is 0.278 e. The lowest BCUT2D eigenvalue weighted by Crippen LogP contribution is -2.29. The first-order valence-corrected chi connectivity index (χ1v) is 8.37. The first kappa shape index (κ1) is 15.8. The number of piperidine rings is 1. The van der Waals surface area contributed by atoms with E-state index >= 15 is 0 Å². The average molecular weight is 344 g/mol. The molecule has 0 bridgehead atoms. The van der Waals surface area contributed by atoms with Gasteiger partial charge in [-0.05, 0) is 38.0 Å². The molecule has 4 rings (SSSR count). The van der Waals surface area contributed by atoms with Crippen LogP contribution in [0.4, 0.5) is 0 Å². The largest absolute Gasteiger partial charge is 0.472 e. The molecule has 1 aliphatic rings. The molecule has 132 valence electrons. The molecule has 3 aromatic heterocycles. The second-order valence-corrected chi connectivity index (χ2v) is 6.01. The zero-order chi connectivity index (χ0) is 17.1. The van der Waals surface area contributed by atoms with E-state index in [1.807, 2.05) is 21.6 Å². The minimum atomic E-state index is 0.400. The summed E-state index contributed by atoms with van der Waals surface area (Å²) in [7, 11) is 0. The van der Waals surface area contributed by atoms with Gasteiger partial charge in [-0.25, -0.2) is 14.3 Å². The van der Waals surface area contributed by atoms with Crippen molar-refractivity contribution in [2.45, 2.75) is 32.4 Å². The van der Waals surface area contributed by atoms with Crippen LogP contribution in [-0.2, 0) is 6.54 Å². The van der Waals surface area contributed by atoms with Gasteiger partial charge >= 0.3 is 0 Å². The number of ether oxygens (including phenoxy) is 1. The molecule has 0 spiro atoms. The lowest BCUT2D eigenvalue weighted by molar-refractivity contribution is 0.248. The maximum atomic E-state index is 5.58. The SMILES string of the molecule is Cc1nonc1OCCn1ccnc1-c1cn(C2CCNCC2)nn1. The maximum Gasteiger partial charge on any atom is 0.278 e. The van der Waals surface area contributed by atoms with E-state index < -0.39 is 0 Å². The molecule has 0 aromatic carbocycles. The minimum absolute atomic E-state index is 0.400. The second kappa shape index (κ2) is 7.01. The molecule has 0 radical (unpaired) electrons. The molecule has 3 aromatic rings. The standard InChI is InChI=1S/C15H20N8O2/c1-11-15(20-25-19-11)24-9-8-22-7-6-17-14(22)13-10-23(21-18-13)12-2-4-16-5-3-12/h6-7,10,12,16H,2-5,8-9H2,1H3. The van der Waals surface area contributed by atoms with Crippen molar-refractivity contribution in [3.63, 3.8) is 0 Å². The monoisotopic (exact) mass is 344 g/mol. The van der Waals surface area contributed by atoms with Crippen LogP contribution in [0, 0.1) is 6.92 Å². The normalized spacial score (nSPS) is 15.6. The second-order valence-electron chi connectivity index (χ2n) is 6.01. The van der Waals surface area contributed by atoms with Gasteiger partial charge in [0, 0.05) is 12.4 Å². The van der Waals surface area contributed by atoms with Gasteiger partial charge in [0.15, 0.2) is 5.82 Å². The fourth-order valence-electron chi connectivity index (χ4n) is 2.95. The van der Waals surface area contributed by atoms with Gasteiger partial charge in [0.1, 0.15) is 18.0 Å². The van der Waals surface area contributed by atoms with Gasteiger partial charge in [-0.15, -0.1) is 5.10 Å². The summed E-state index contributed by atoms with van der Waals surface area (Å²) in [6.45, 7) is 4.86. The lowest BCUT2D eigenvalue weighted by Gasteiger charge is -2.22. The van der Waals surface area contributed by atoms with Crippen molar-refractivity contribution in [1.29, 1.82) is 0 Å². The summed E-state index contributed by atoms with van der Waals surface area (Å²) in [6.07, 6.45) is 7.76. The molecule has 0 aliphatic carbocycles. The summed E-state index contributed by atoms with van der Waals surface area (Å²) in [4.78, 5) is 4.41. The summed E-state index contributed by atoms with van der Waals surface area (Å²) in [6, 6.07) is 0.400. The molecule has 1 aliphatic heterocycles. The van der Waals surface area contributed by atoms with Gasteiger partial charge in [-0.2, -0.15) is 0 Å². The summed E-state index contributed by atoms with van der Waals surface area (Å²) in [5.41, 5.74) is 1.40. The van der Waals surface area contributed by atoms with Crippen molar-refractivity contribution >= 4 is 0 Å². The Kier molecular flexibility index (Phi) is 4.42. The van der Waals surface area contributed by atoms with Crippen LogP contribution in [-0.4, -0.2) is 54.6 Å². The highest BCUT2D eigenvalue weighted by Crippen LogP contribution is 2.21. The number of aryl methyl sites for hydroxylation is 1. The highest BCUT2D eigenvalue weighted by atomic mass is 16.6. The van der Waals surface area contributed by atoms with Gasteiger partial charge in [-0.3, -0.25) is 0 Å². The Hall–Kier alpha value is -2.75. The van der Waals surface area contributed by atoms with E-state index in [0.29, 0.717) is 30.8 Å². The molecular formula is C15H20N8O2. The van der Waals surface area contributed by atoms with Crippen molar-refractivity contribution in [2.24, 2.45) is 0 Å². The Labute approximate surface area is 144 Å². The first-order chi connectivity index (χ1) is 12.3. The van der Waals surface area contributed by atoms with Crippen LogP contribution in [0.25, 0.3) is 11.5 Å². The highest BCUT2D eigenvalue weighted by molar-refractivity contribution is 5.47. The summed E-state index contributed by atoms with van der Waals surface area (Å²) < 4.78 is 14.1. The molecule has 1 saturated heterocycles. The maximum absolute atomic E-state index is 5.58. The van der Waals surface area contributed by atoms with E-state index in [1.54, 1.807) is 13.1 Å². The number of nitrogens with zero attached hydrogens (tertiary/aromatic N) is 7. The molecule has 0 saturated carbocycles. The van der Waals surface area contributed by atoms with Crippen LogP contribution in [0.15, 0.2) is 23.2 Å². The van der Waals surface area contributed by atoms with E-state index in [-0.39, 0.29) is 0 Å². The molecule has 0 unspecified atom stereocenters. The van der Waals surface area contributed by atoms with Crippen LogP contribution >= 0.6 is 0 Å². The van der Waals surface area contributed by atoms with E-state index in [9.17, 15) is 0 Å². The molecule has 1 N–H and O–H groups in total. The third kappa shape index (κ3) is 3.38. The number of hydrogen-bond donors (Lipinski definition) is 1. The van der Waals surface area contributed by atoms with E-state index in [0.717, 1.165) is 37.4 Å². The van der Waals surface area contributed by atoms with Crippen LogP contribution < -0.4 is 10.1 Å². The third-order valence-corrected chi connectivity index (χ3v) is 4.32. The molecule has 25 heavy (non-hydrogen) atoms. The zero-order valence-electron chi connectivity index (χ0n) is 14.0. The molecule has 4 heterocycles. The Morgan fingerprint density at radius 2 is 2.20 bits per heavy atom. The number of nitrogens with one attached hydrogen (secondary N) is 1. The number of imidazole rings is 1. The Morgan fingerprint density at radius 3 is 3.00 bits per heavy atom. The van der Waals surface area contributed by atoms with Crippen LogP contribution in [0.3, 0.4) is 0 Å². The molecule has 10 nitrogen and oxygen atoms in total. The minimum Gasteiger partial charge on any atom is -0.472 e. The molecule has 0 amide bonds. The number of aromatic nitrogens is 7. The van der Waals surface area contributed by atoms with Gasteiger partial charge in [0.25, 0.3) is 5.88 Å². The highest BCUT2D eigenvalue weighted by Gasteiger charge is 2.18. The van der Waals surface area contributed by atoms with E-state index in [1.165, 1.54) is 0 Å². The van der Waals surface area contributed by atoms with Crippen molar-refractivity contribution in [3.05, 3.63) is 24.3 Å². The number of hydrogen-bond acceptors (Lipinski definition) is 8. The van der Waals surface area contributed by atoms with Gasteiger partial charge in [0.2, 0.25) is 0 Å². The molecular weight excluding hydrogens is 324 g/mol. The van der Waals surface area contributed by atoms with Crippen molar-refractivity contribution in [3.8, 4) is 17.4 Å². The fourth-order valence-corrected chi connectivity index (χ4v) is 2.95. The molecule has 1 fully saturated rings. The van der Waals surface area contributed by atoms with E-state index in [4.69, 9.17) is 4.74 Å². The number of rotatable bonds is 6. The summed E-state index contributed by atoms with van der Waals surface area (Å²) >= 11 is 0. The van der Waals surface area contributed by atoms with Crippen molar-refractivity contribution in [2.75, 3.05) is 19.7 Å². The van der Waals surface area contributed by atoms with Crippen LogP contribution in [0.5, 0.6) is 5.88 Å². The van der Waals surface area contributed by atoms with Crippen molar-refractivity contribution in [1.82, 2.24) is 40.2 Å².